The molecular formula is C10H27N3. The molecule has 0 aromatic carbocycles. The smallest absolute Gasteiger partial charge is 0.00845 e. The van der Waals surface area contributed by atoms with E-state index < -0.39 is 0 Å². The molecule has 1 fully saturated rings. The summed E-state index contributed by atoms with van der Waals surface area (Å²) in [6, 6.07) is 0. The number of hydrogen-bond acceptors (Lipinski definition) is 3. The molecule has 0 aliphatic heterocycles. The largest absolute Gasteiger partial charge is 0.258 e. The molecule has 0 spiro atoms. The van der Waals surface area contributed by atoms with Crippen molar-refractivity contribution < 1.29 is 0 Å². The molecule has 0 saturated heterocycles. The molecule has 1 aliphatic rings. The van der Waals surface area contributed by atoms with Gasteiger partial charge in [0, 0.05) is 6.54 Å². The maximum absolute atomic E-state index is 4.78. The zero-order valence-electron chi connectivity index (χ0n) is 9.69. The highest BCUT2D eigenvalue weighted by Gasteiger charge is 1.95. The van der Waals surface area contributed by atoms with E-state index in [9.17, 15) is 0 Å². The number of hydrogen-bond donors (Lipinski definition) is 3. The summed E-state index contributed by atoms with van der Waals surface area (Å²) >= 11 is 0. The van der Waals surface area contributed by atoms with Gasteiger partial charge in [-0.3, -0.25) is 5.84 Å². The van der Waals surface area contributed by atoms with Crippen molar-refractivity contribution in [2.24, 2.45) is 5.84 Å². The summed E-state index contributed by atoms with van der Waals surface area (Å²) in [4.78, 5) is 0. The average Bonchev–Trinajstić information content (AvgIpc) is 2.97. The van der Waals surface area contributed by atoms with Crippen LogP contribution in [0, 0.1) is 0 Å². The first-order valence-corrected chi connectivity index (χ1v) is 5.08. The maximum Gasteiger partial charge on any atom is 0.00845 e. The van der Waals surface area contributed by atoms with Crippen molar-refractivity contribution in [2.75, 3.05) is 6.54 Å². The van der Waals surface area contributed by atoms with Crippen molar-refractivity contribution in [1.82, 2.24) is 11.0 Å². The van der Waals surface area contributed by atoms with Crippen molar-refractivity contribution >= 4 is 0 Å². The van der Waals surface area contributed by atoms with Gasteiger partial charge < -0.3 is 0 Å². The van der Waals surface area contributed by atoms with Crippen molar-refractivity contribution in [3.05, 3.63) is 12.7 Å². The number of nitrogens with one attached hydrogen (secondary N) is 2. The van der Waals surface area contributed by atoms with Crippen LogP contribution in [0.1, 0.15) is 47.0 Å². The molecule has 0 aromatic heterocycles. The molecule has 13 heavy (non-hydrogen) atoms. The molecule has 0 bridgehead atoms. The molecule has 0 amide bonds. The Kier molecular flexibility index (Phi) is 42.4. The van der Waals surface area contributed by atoms with Gasteiger partial charge in [-0.25, -0.2) is 5.43 Å². The van der Waals surface area contributed by atoms with Gasteiger partial charge in [-0.2, -0.15) is 5.53 Å². The molecule has 82 valence electrons. The van der Waals surface area contributed by atoms with Crippen LogP contribution in [0.5, 0.6) is 0 Å². The molecule has 0 atom stereocenters. The highest BCUT2D eigenvalue weighted by Crippen LogP contribution is 2.14. The van der Waals surface area contributed by atoms with Crippen molar-refractivity contribution in [1.29, 1.82) is 0 Å². The summed E-state index contributed by atoms with van der Waals surface area (Å²) in [6.45, 7) is 12.1. The minimum Gasteiger partial charge on any atom is -0.258 e. The number of rotatable bonds is 2. The summed E-state index contributed by atoms with van der Waals surface area (Å²) < 4.78 is 0. The zero-order valence-corrected chi connectivity index (χ0v) is 9.69. The molecule has 0 unspecified atom stereocenters. The van der Waals surface area contributed by atoms with Gasteiger partial charge >= 0.3 is 0 Å². The molecular weight excluding hydrogens is 162 g/mol. The van der Waals surface area contributed by atoms with Crippen LogP contribution < -0.4 is 16.8 Å². The van der Waals surface area contributed by atoms with E-state index in [4.69, 9.17) is 5.84 Å². The minimum absolute atomic E-state index is 0.858. The Bertz CT molecular complexity index is 58.4. The van der Waals surface area contributed by atoms with Gasteiger partial charge in [0.25, 0.3) is 0 Å². The van der Waals surface area contributed by atoms with Gasteiger partial charge in [0.05, 0.1) is 0 Å². The Morgan fingerprint density at radius 2 is 1.62 bits per heavy atom. The van der Waals surface area contributed by atoms with E-state index >= 15 is 0 Å². The standard InChI is InChI=1S/2C3H6.C2H9N3.C2H6/c1-2-3-1;1-3-2;1-2-4-5-3;1-2/h1-3H2;3H,1H2,2H3;4-5H,2-3H2,1H3;1-2H3. The lowest BCUT2D eigenvalue weighted by atomic mass is 10.8. The van der Waals surface area contributed by atoms with E-state index in [-0.39, 0.29) is 0 Å². The average molecular weight is 189 g/mol. The van der Waals surface area contributed by atoms with E-state index in [0.717, 1.165) is 6.54 Å². The van der Waals surface area contributed by atoms with E-state index in [1.165, 1.54) is 19.3 Å². The summed E-state index contributed by atoms with van der Waals surface area (Å²) in [5, 5.41) is 0. The fourth-order valence-electron chi connectivity index (χ4n) is 0.102. The maximum atomic E-state index is 4.78. The molecule has 4 N–H and O–H groups in total. The number of allylic oxidation sites excluding steroid dienone is 1. The van der Waals surface area contributed by atoms with Crippen LogP contribution in [0.3, 0.4) is 0 Å². The fraction of sp³-hybridized carbons (Fsp3) is 0.800. The fourth-order valence-corrected chi connectivity index (χ4v) is 0.102. The number of hydrazine groups is 2. The minimum atomic E-state index is 0.858. The lowest BCUT2D eigenvalue weighted by Gasteiger charge is -1.90. The highest BCUT2D eigenvalue weighted by molar-refractivity contribution is 4.51. The summed E-state index contributed by atoms with van der Waals surface area (Å²) in [5.41, 5.74) is 4.91. The van der Waals surface area contributed by atoms with Gasteiger partial charge in [-0.1, -0.05) is 46.1 Å². The first-order valence-electron chi connectivity index (χ1n) is 5.08. The predicted octanol–water partition coefficient (Wildman–Crippen LogP) is 2.36. The molecule has 3 heteroatoms. The Hall–Kier alpha value is -0.380. The van der Waals surface area contributed by atoms with Crippen LogP contribution >= 0.6 is 0 Å². The lowest BCUT2D eigenvalue weighted by Crippen LogP contribution is -2.37. The molecule has 0 radical (unpaired) electrons. The second-order valence-electron chi connectivity index (χ2n) is 2.14. The molecule has 0 aromatic rings. The summed E-state index contributed by atoms with van der Waals surface area (Å²) in [5.74, 6) is 4.78. The first-order chi connectivity index (χ1) is 6.33. The summed E-state index contributed by atoms with van der Waals surface area (Å²) in [7, 11) is 0. The van der Waals surface area contributed by atoms with Crippen LogP contribution in [-0.4, -0.2) is 6.54 Å². The van der Waals surface area contributed by atoms with E-state index in [1.807, 2.05) is 27.7 Å². The zero-order chi connectivity index (χ0) is 10.9. The van der Waals surface area contributed by atoms with Crippen LogP contribution in [-0.2, 0) is 0 Å². The van der Waals surface area contributed by atoms with Crippen molar-refractivity contribution in [3.63, 3.8) is 0 Å². The second-order valence-corrected chi connectivity index (χ2v) is 2.14. The SMILES string of the molecule is C1CC1.C=CC.CC.CCNNN. The lowest BCUT2D eigenvalue weighted by molar-refractivity contribution is 0.576. The molecule has 0 heterocycles. The second kappa shape index (κ2) is 29.9. The third kappa shape index (κ3) is 157. The van der Waals surface area contributed by atoms with Crippen LogP contribution in [0.2, 0.25) is 0 Å². The van der Waals surface area contributed by atoms with Gasteiger partial charge in [-0.15, -0.1) is 6.58 Å². The van der Waals surface area contributed by atoms with Gasteiger partial charge in [0.1, 0.15) is 0 Å². The van der Waals surface area contributed by atoms with Crippen molar-refractivity contribution in [3.8, 4) is 0 Å². The molecule has 1 aliphatic carbocycles. The molecule has 3 nitrogen and oxygen atoms in total. The van der Waals surface area contributed by atoms with Crippen molar-refractivity contribution in [2.45, 2.75) is 47.0 Å². The third-order valence-corrected chi connectivity index (χ3v) is 0.632. The van der Waals surface area contributed by atoms with Gasteiger partial charge in [0.15, 0.2) is 0 Å². The van der Waals surface area contributed by atoms with Crippen LogP contribution in [0.25, 0.3) is 0 Å². The Balaban J connectivity index is -0.000000109. The Morgan fingerprint density at radius 3 is 1.62 bits per heavy atom. The molecule has 1 rings (SSSR count). The third-order valence-electron chi connectivity index (χ3n) is 0.632. The topological polar surface area (TPSA) is 50.1 Å². The summed E-state index contributed by atoms with van der Waals surface area (Å²) in [6.07, 6.45) is 6.25. The van der Waals surface area contributed by atoms with Gasteiger partial charge in [0.2, 0.25) is 0 Å². The van der Waals surface area contributed by atoms with E-state index in [1.54, 1.807) is 6.08 Å². The van der Waals surface area contributed by atoms with E-state index in [2.05, 4.69) is 17.5 Å². The quantitative estimate of drug-likeness (QED) is 0.355. The predicted molar refractivity (Wildman–Crippen MR) is 62.1 cm³/mol. The van der Waals surface area contributed by atoms with Crippen LogP contribution in [0.15, 0.2) is 12.7 Å². The van der Waals surface area contributed by atoms with E-state index in [0.29, 0.717) is 0 Å². The van der Waals surface area contributed by atoms with Crippen LogP contribution in [0.4, 0.5) is 0 Å². The normalized spacial score (nSPS) is 10.2. The van der Waals surface area contributed by atoms with Gasteiger partial charge in [-0.05, 0) is 6.92 Å². The molecule has 1 saturated carbocycles. The first kappa shape index (κ1) is 18.4. The Morgan fingerprint density at radius 1 is 1.31 bits per heavy atom. The monoisotopic (exact) mass is 189 g/mol. The number of nitrogens with two attached hydrogens (primary N) is 1. The Labute approximate surface area is 83.7 Å². The highest BCUT2D eigenvalue weighted by atomic mass is 15.5.